The summed E-state index contributed by atoms with van der Waals surface area (Å²) in [7, 11) is 2.00. The van der Waals surface area contributed by atoms with E-state index in [0.717, 1.165) is 31.4 Å². The van der Waals surface area contributed by atoms with E-state index in [2.05, 4.69) is 77.7 Å². The van der Waals surface area contributed by atoms with Crippen LogP contribution in [0.2, 0.25) is 0 Å². The van der Waals surface area contributed by atoms with Crippen molar-refractivity contribution in [1.82, 2.24) is 10.3 Å². The van der Waals surface area contributed by atoms with Gasteiger partial charge in [0.1, 0.15) is 12.6 Å². The van der Waals surface area contributed by atoms with Crippen molar-refractivity contribution in [1.29, 1.82) is 0 Å². The molecule has 0 unspecified atom stereocenters. The first-order chi connectivity index (χ1) is 16.1. The lowest BCUT2D eigenvalue weighted by Crippen LogP contribution is -2.37. The number of piperidine rings is 1. The zero-order chi connectivity index (χ0) is 24.6. The summed E-state index contributed by atoms with van der Waals surface area (Å²) in [5.74, 6) is 1.26. The Morgan fingerprint density at radius 2 is 1.70 bits per heavy atom. The molecule has 0 spiro atoms. The van der Waals surface area contributed by atoms with E-state index in [-0.39, 0.29) is 0 Å². The number of carbonyl (C=O) groups excluding carboxylic acids is 2. The van der Waals surface area contributed by atoms with Crippen molar-refractivity contribution in [3.8, 4) is 0 Å². The Morgan fingerprint density at radius 1 is 1.06 bits per heavy atom. The Morgan fingerprint density at radius 3 is 2.24 bits per heavy atom. The quantitative estimate of drug-likeness (QED) is 0.578. The number of amides is 1. The summed E-state index contributed by atoms with van der Waals surface area (Å²) in [4.78, 5) is 25.5. The normalized spacial score (nSPS) is 12.8. The van der Waals surface area contributed by atoms with E-state index < -0.39 is 5.91 Å². The van der Waals surface area contributed by atoms with Gasteiger partial charge in [0.2, 0.25) is 5.91 Å². The average molecular weight is 449 g/mol. The second-order valence-corrected chi connectivity index (χ2v) is 7.61. The summed E-state index contributed by atoms with van der Waals surface area (Å²) >= 11 is 0. The number of rotatable bonds is 4. The number of carbonyl (C=O) groups is 2. The third kappa shape index (κ3) is 8.86. The number of nitrogens with two attached hydrogens (primary N) is 1. The van der Waals surface area contributed by atoms with Crippen LogP contribution in [-0.2, 0) is 4.79 Å². The number of nitrogens with zero attached hydrogens (tertiary/aromatic N) is 2. The average Bonchev–Trinajstić information content (AvgIpc) is 2.87. The summed E-state index contributed by atoms with van der Waals surface area (Å²) in [6.07, 6.45) is 3.91. The lowest BCUT2D eigenvalue weighted by molar-refractivity contribution is -0.0980. The fourth-order valence-electron chi connectivity index (χ4n) is 3.68. The number of primary amides is 1. The molecular formula is C27H36N4O2. The van der Waals surface area contributed by atoms with Gasteiger partial charge in [-0.2, -0.15) is 0 Å². The smallest absolute Gasteiger partial charge is 0.250 e. The molecule has 1 fully saturated rings. The van der Waals surface area contributed by atoms with Gasteiger partial charge in [-0.15, -0.1) is 13.2 Å². The first-order valence-corrected chi connectivity index (χ1v) is 11.0. The van der Waals surface area contributed by atoms with Crippen LogP contribution < -0.4 is 16.0 Å². The Bertz CT molecular complexity index is 965. The molecule has 4 rings (SSSR count). The van der Waals surface area contributed by atoms with Crippen LogP contribution in [0, 0.1) is 12.8 Å². The van der Waals surface area contributed by atoms with Gasteiger partial charge in [0, 0.05) is 19.3 Å². The standard InChI is InChI=1S/C13H20N4O.C11H10.C2H4.CH2O/c1-15-8-10-4-6-17(7-5-10)12-3-2-11(9-16-12)13(14)18;1-9-6-7-10-4-2-3-5-11(10)8-9;2*1-2/h2-3,9-10,15H,4-8H2,1H3,(H2,14,18);2-8H,1H3;1-2H2;1H2. The van der Waals surface area contributed by atoms with E-state index in [9.17, 15) is 4.79 Å². The second kappa shape index (κ2) is 15.3. The van der Waals surface area contributed by atoms with Gasteiger partial charge in [0.05, 0.1) is 5.56 Å². The molecule has 2 aromatic carbocycles. The summed E-state index contributed by atoms with van der Waals surface area (Å²) < 4.78 is 0. The van der Waals surface area contributed by atoms with Gasteiger partial charge in [0.25, 0.3) is 0 Å². The molecule has 6 heteroatoms. The zero-order valence-corrected chi connectivity index (χ0v) is 19.8. The Labute approximate surface area is 197 Å². The molecule has 1 aliphatic heterocycles. The van der Waals surface area contributed by atoms with Gasteiger partial charge in [-0.1, -0.05) is 48.0 Å². The first-order valence-electron chi connectivity index (χ1n) is 11.0. The number of aromatic nitrogens is 1. The molecule has 176 valence electrons. The molecule has 0 atom stereocenters. The fraction of sp³-hybridized carbons (Fsp3) is 0.296. The number of aryl methyl sites for hydroxylation is 1. The number of anilines is 1. The maximum absolute atomic E-state index is 11.0. The summed E-state index contributed by atoms with van der Waals surface area (Å²) in [6.45, 7) is 13.2. The molecule has 33 heavy (non-hydrogen) atoms. The number of pyridine rings is 1. The van der Waals surface area contributed by atoms with Gasteiger partial charge < -0.3 is 20.7 Å². The topological polar surface area (TPSA) is 88.3 Å². The third-order valence-electron chi connectivity index (χ3n) is 5.37. The number of fused-ring (bicyclic) bond motifs is 1. The van der Waals surface area contributed by atoms with E-state index in [0.29, 0.717) is 5.56 Å². The van der Waals surface area contributed by atoms with Crippen LogP contribution in [-0.4, -0.2) is 44.4 Å². The van der Waals surface area contributed by atoms with Crippen molar-refractivity contribution in [2.45, 2.75) is 19.8 Å². The summed E-state index contributed by atoms with van der Waals surface area (Å²) in [5, 5.41) is 5.87. The Balaban J connectivity index is 0.000000310. The Hall–Kier alpha value is -3.51. The van der Waals surface area contributed by atoms with E-state index in [1.807, 2.05) is 19.9 Å². The van der Waals surface area contributed by atoms with Crippen molar-refractivity contribution in [2.75, 3.05) is 31.6 Å². The van der Waals surface area contributed by atoms with E-state index in [1.54, 1.807) is 12.3 Å². The predicted molar refractivity (Wildman–Crippen MR) is 139 cm³/mol. The molecule has 0 saturated carbocycles. The molecule has 0 bridgehead atoms. The van der Waals surface area contributed by atoms with Gasteiger partial charge in [0.15, 0.2) is 0 Å². The molecule has 6 nitrogen and oxygen atoms in total. The molecule has 1 aliphatic rings. The zero-order valence-electron chi connectivity index (χ0n) is 19.8. The van der Waals surface area contributed by atoms with E-state index >= 15 is 0 Å². The van der Waals surface area contributed by atoms with Crippen LogP contribution in [0.5, 0.6) is 0 Å². The monoisotopic (exact) mass is 448 g/mol. The second-order valence-electron chi connectivity index (χ2n) is 7.61. The van der Waals surface area contributed by atoms with Crippen LogP contribution >= 0.6 is 0 Å². The summed E-state index contributed by atoms with van der Waals surface area (Å²) in [6, 6.07) is 18.5. The van der Waals surface area contributed by atoms with Gasteiger partial charge in [-0.25, -0.2) is 4.98 Å². The maximum Gasteiger partial charge on any atom is 0.250 e. The minimum absolute atomic E-state index is 0.429. The van der Waals surface area contributed by atoms with Crippen LogP contribution in [0.15, 0.2) is 74.0 Å². The molecule has 3 aromatic rings. The van der Waals surface area contributed by atoms with Crippen LogP contribution in [0.4, 0.5) is 5.82 Å². The number of hydrogen-bond acceptors (Lipinski definition) is 5. The van der Waals surface area contributed by atoms with Gasteiger partial charge in [-0.05, 0) is 62.2 Å². The molecule has 2 heterocycles. The minimum Gasteiger partial charge on any atom is -0.366 e. The van der Waals surface area contributed by atoms with Crippen molar-refractivity contribution in [3.05, 3.63) is 85.1 Å². The van der Waals surface area contributed by atoms with Crippen molar-refractivity contribution >= 4 is 29.3 Å². The van der Waals surface area contributed by atoms with Crippen LogP contribution in [0.1, 0.15) is 28.8 Å². The summed E-state index contributed by atoms with van der Waals surface area (Å²) in [5.41, 5.74) is 6.98. The lowest BCUT2D eigenvalue weighted by atomic mass is 9.97. The van der Waals surface area contributed by atoms with Crippen molar-refractivity contribution in [3.63, 3.8) is 0 Å². The highest BCUT2D eigenvalue weighted by Crippen LogP contribution is 2.21. The largest absolute Gasteiger partial charge is 0.366 e. The van der Waals surface area contributed by atoms with E-state index in [4.69, 9.17) is 10.5 Å². The molecule has 1 amide bonds. The van der Waals surface area contributed by atoms with Gasteiger partial charge in [-0.3, -0.25) is 4.79 Å². The molecule has 0 radical (unpaired) electrons. The van der Waals surface area contributed by atoms with Crippen LogP contribution in [0.3, 0.4) is 0 Å². The molecular weight excluding hydrogens is 412 g/mol. The highest BCUT2D eigenvalue weighted by Gasteiger charge is 2.19. The number of hydrogen-bond donors (Lipinski definition) is 2. The van der Waals surface area contributed by atoms with Gasteiger partial charge >= 0.3 is 0 Å². The van der Waals surface area contributed by atoms with E-state index in [1.165, 1.54) is 29.2 Å². The number of benzene rings is 2. The predicted octanol–water partition coefficient (Wildman–Crippen LogP) is 4.38. The van der Waals surface area contributed by atoms with Crippen LogP contribution in [0.25, 0.3) is 10.8 Å². The van der Waals surface area contributed by atoms with Crippen molar-refractivity contribution in [2.24, 2.45) is 11.7 Å². The number of nitrogens with one attached hydrogen (secondary N) is 1. The Kier molecular flexibility index (Phi) is 12.8. The maximum atomic E-state index is 11.0. The van der Waals surface area contributed by atoms with Crippen molar-refractivity contribution < 1.29 is 9.59 Å². The molecule has 3 N–H and O–H groups in total. The fourth-order valence-corrected chi connectivity index (χ4v) is 3.68. The SMILES string of the molecule is C=C.C=O.CNCC1CCN(c2ccc(C(N)=O)cn2)CC1.Cc1ccc2ccccc2c1. The highest BCUT2D eigenvalue weighted by molar-refractivity contribution is 5.92. The highest BCUT2D eigenvalue weighted by atomic mass is 16.1. The molecule has 0 aliphatic carbocycles. The third-order valence-corrected chi connectivity index (χ3v) is 5.37. The molecule has 1 saturated heterocycles. The minimum atomic E-state index is -0.429. The first kappa shape index (κ1) is 27.5. The molecule has 1 aromatic heterocycles. The lowest BCUT2D eigenvalue weighted by Gasteiger charge is -2.32.